The first-order valence-corrected chi connectivity index (χ1v) is 8.70. The van der Waals surface area contributed by atoms with Crippen molar-refractivity contribution in [1.29, 1.82) is 5.26 Å². The fraction of sp³-hybridized carbons (Fsp3) is 0.750. The lowest BCUT2D eigenvalue weighted by Crippen LogP contribution is -2.45. The van der Waals surface area contributed by atoms with Gasteiger partial charge in [0.1, 0.15) is 6.07 Å². The molecule has 0 unspecified atom stereocenters. The van der Waals surface area contributed by atoms with Gasteiger partial charge in [0.05, 0.1) is 0 Å². The Morgan fingerprint density at radius 3 is 2.57 bits per heavy atom. The van der Waals surface area contributed by atoms with E-state index in [1.165, 1.54) is 32.1 Å². The number of hydrogen-bond donors (Lipinski definition) is 1. The van der Waals surface area contributed by atoms with Crippen LogP contribution in [0.1, 0.15) is 44.9 Å². The van der Waals surface area contributed by atoms with Crippen molar-refractivity contribution in [2.45, 2.75) is 45.1 Å². The minimum absolute atomic E-state index is 0.220. The van der Waals surface area contributed by atoms with Crippen LogP contribution in [0.25, 0.3) is 0 Å². The minimum atomic E-state index is 0.220. The maximum absolute atomic E-state index is 9.30. The summed E-state index contributed by atoms with van der Waals surface area (Å²) in [6, 6.07) is 2.58. The summed E-state index contributed by atoms with van der Waals surface area (Å²) in [5, 5.41) is 12.6. The van der Waals surface area contributed by atoms with Gasteiger partial charge in [0.15, 0.2) is 0 Å². The van der Waals surface area contributed by atoms with Crippen molar-refractivity contribution >= 4 is 11.9 Å². The summed E-state index contributed by atoms with van der Waals surface area (Å²) in [4.78, 5) is 17.8. The summed E-state index contributed by atoms with van der Waals surface area (Å²) < 4.78 is 0. The van der Waals surface area contributed by atoms with Crippen LogP contribution in [-0.4, -0.2) is 53.7 Å². The average Bonchev–Trinajstić information content (AvgIpc) is 2.64. The molecule has 0 amide bonds. The molecule has 0 spiro atoms. The molecule has 1 saturated carbocycles. The van der Waals surface area contributed by atoms with Gasteiger partial charge in [-0.1, -0.05) is 19.3 Å². The third kappa shape index (κ3) is 3.70. The van der Waals surface area contributed by atoms with E-state index in [1.807, 2.05) is 0 Å². The number of nitrogens with one attached hydrogen (secondary N) is 1. The lowest BCUT2D eigenvalue weighted by Gasteiger charge is -2.34. The molecule has 2 aliphatic rings. The van der Waals surface area contributed by atoms with Crippen LogP contribution in [0.4, 0.5) is 11.9 Å². The van der Waals surface area contributed by atoms with E-state index in [2.05, 4.69) is 38.1 Å². The molecule has 124 valence electrons. The quantitative estimate of drug-likeness (QED) is 0.897. The third-order valence-electron chi connectivity index (χ3n) is 4.72. The van der Waals surface area contributed by atoms with E-state index in [-0.39, 0.29) is 5.82 Å². The zero-order chi connectivity index (χ0) is 16.1. The van der Waals surface area contributed by atoms with Crippen molar-refractivity contribution in [3.63, 3.8) is 0 Å². The monoisotopic (exact) mass is 315 g/mol. The molecule has 1 N–H and O–H groups in total. The summed E-state index contributed by atoms with van der Waals surface area (Å²) in [7, 11) is 0. The number of rotatable bonds is 4. The van der Waals surface area contributed by atoms with Gasteiger partial charge < -0.3 is 15.1 Å². The first kappa shape index (κ1) is 15.9. The fourth-order valence-corrected chi connectivity index (χ4v) is 3.49. The van der Waals surface area contributed by atoms with Crippen LogP contribution >= 0.6 is 0 Å². The van der Waals surface area contributed by atoms with Crippen LogP contribution in [-0.2, 0) is 0 Å². The molecule has 1 saturated heterocycles. The first-order valence-electron chi connectivity index (χ1n) is 8.70. The molecule has 1 aromatic rings. The third-order valence-corrected chi connectivity index (χ3v) is 4.72. The van der Waals surface area contributed by atoms with E-state index < -0.39 is 0 Å². The topological polar surface area (TPSA) is 81.0 Å². The number of hydrogen-bond acceptors (Lipinski definition) is 7. The van der Waals surface area contributed by atoms with E-state index in [0.29, 0.717) is 17.9 Å². The van der Waals surface area contributed by atoms with E-state index in [9.17, 15) is 5.26 Å². The van der Waals surface area contributed by atoms with Crippen LogP contribution in [0.2, 0.25) is 0 Å². The molecule has 1 aliphatic carbocycles. The molecule has 0 atom stereocenters. The number of aromatic nitrogens is 3. The lowest BCUT2D eigenvalue weighted by molar-refractivity contribution is 0.413. The largest absolute Gasteiger partial charge is 0.338 e. The molecule has 7 heteroatoms. The molecule has 2 heterocycles. The van der Waals surface area contributed by atoms with Crippen molar-refractivity contribution in [2.24, 2.45) is 0 Å². The highest BCUT2D eigenvalue weighted by Crippen LogP contribution is 2.26. The minimum Gasteiger partial charge on any atom is -0.338 e. The van der Waals surface area contributed by atoms with Gasteiger partial charge in [-0.25, -0.2) is 0 Å². The van der Waals surface area contributed by atoms with Gasteiger partial charge in [0.25, 0.3) is 0 Å². The molecule has 1 aliphatic heterocycles. The second-order valence-corrected chi connectivity index (χ2v) is 6.19. The van der Waals surface area contributed by atoms with Gasteiger partial charge in [-0.05, 0) is 19.8 Å². The molecule has 0 bridgehead atoms. The molecule has 23 heavy (non-hydrogen) atoms. The molecule has 1 aromatic heterocycles. The summed E-state index contributed by atoms with van der Waals surface area (Å²) in [5.74, 6) is 1.53. The van der Waals surface area contributed by atoms with Crippen molar-refractivity contribution in [3.8, 4) is 6.07 Å². The van der Waals surface area contributed by atoms with Crippen LogP contribution in [0.15, 0.2) is 0 Å². The molecule has 0 aromatic carbocycles. The number of piperazine rings is 1. The lowest BCUT2D eigenvalue weighted by atomic mass is 9.94. The van der Waals surface area contributed by atoms with Gasteiger partial charge in [0.2, 0.25) is 17.7 Å². The molecule has 7 nitrogen and oxygen atoms in total. The summed E-state index contributed by atoms with van der Waals surface area (Å²) in [6.07, 6.45) is 6.22. The molecular formula is C16H25N7. The van der Waals surface area contributed by atoms with Crippen LogP contribution in [0.5, 0.6) is 0 Å². The maximum atomic E-state index is 9.30. The zero-order valence-corrected chi connectivity index (χ0v) is 13.8. The van der Waals surface area contributed by atoms with Gasteiger partial charge in [-0.15, -0.1) is 0 Å². The van der Waals surface area contributed by atoms with Crippen molar-refractivity contribution in [1.82, 2.24) is 20.3 Å². The standard InChI is InChI=1S/C16H25N7/c1-2-23(13-6-4-3-5-7-13)16-20-14(12-17)19-15(21-16)22-10-8-18-9-11-22/h13,18H,2-11H2,1H3. The average molecular weight is 315 g/mol. The Balaban J connectivity index is 1.88. The first-order chi connectivity index (χ1) is 11.3. The van der Waals surface area contributed by atoms with E-state index in [4.69, 9.17) is 4.98 Å². The maximum Gasteiger partial charge on any atom is 0.238 e. The second kappa shape index (κ2) is 7.55. The zero-order valence-electron chi connectivity index (χ0n) is 13.8. The van der Waals surface area contributed by atoms with E-state index in [1.54, 1.807) is 0 Å². The number of nitriles is 1. The summed E-state index contributed by atoms with van der Waals surface area (Å²) >= 11 is 0. The van der Waals surface area contributed by atoms with Crippen molar-refractivity contribution in [3.05, 3.63) is 5.82 Å². The van der Waals surface area contributed by atoms with Crippen LogP contribution < -0.4 is 15.1 Å². The second-order valence-electron chi connectivity index (χ2n) is 6.19. The van der Waals surface area contributed by atoms with Crippen molar-refractivity contribution in [2.75, 3.05) is 42.5 Å². The van der Waals surface area contributed by atoms with Crippen LogP contribution in [0.3, 0.4) is 0 Å². The Bertz CT molecular complexity index is 556. The fourth-order valence-electron chi connectivity index (χ4n) is 3.49. The predicted molar refractivity (Wildman–Crippen MR) is 89.5 cm³/mol. The SMILES string of the molecule is CCN(c1nc(C#N)nc(N2CCNCC2)n1)C1CCCCC1. The van der Waals surface area contributed by atoms with Crippen molar-refractivity contribution < 1.29 is 0 Å². The van der Waals surface area contributed by atoms with Gasteiger partial charge >= 0.3 is 0 Å². The Morgan fingerprint density at radius 1 is 1.17 bits per heavy atom. The number of nitrogens with zero attached hydrogens (tertiary/aromatic N) is 6. The van der Waals surface area contributed by atoms with Gasteiger partial charge in [-0.3, -0.25) is 0 Å². The Labute approximate surface area is 137 Å². The normalized spacial score (nSPS) is 19.4. The molecule has 2 fully saturated rings. The Morgan fingerprint density at radius 2 is 1.91 bits per heavy atom. The summed E-state index contributed by atoms with van der Waals surface area (Å²) in [6.45, 7) is 6.56. The molecule has 0 radical (unpaired) electrons. The smallest absolute Gasteiger partial charge is 0.238 e. The molecular weight excluding hydrogens is 290 g/mol. The highest BCUT2D eigenvalue weighted by molar-refractivity contribution is 5.42. The van der Waals surface area contributed by atoms with Gasteiger partial charge in [0, 0.05) is 38.8 Å². The number of anilines is 2. The van der Waals surface area contributed by atoms with E-state index in [0.717, 1.165) is 32.7 Å². The Kier molecular flexibility index (Phi) is 5.23. The molecule has 3 rings (SSSR count). The van der Waals surface area contributed by atoms with Gasteiger partial charge in [-0.2, -0.15) is 20.2 Å². The van der Waals surface area contributed by atoms with E-state index >= 15 is 0 Å². The van der Waals surface area contributed by atoms with Crippen LogP contribution in [0, 0.1) is 11.3 Å². The Hall–Kier alpha value is -1.94. The highest BCUT2D eigenvalue weighted by atomic mass is 15.4. The summed E-state index contributed by atoms with van der Waals surface area (Å²) in [5.41, 5.74) is 0. The highest BCUT2D eigenvalue weighted by Gasteiger charge is 2.24. The predicted octanol–water partition coefficient (Wildman–Crippen LogP) is 1.31.